The van der Waals surface area contributed by atoms with Gasteiger partial charge in [0.15, 0.2) is 0 Å². The molecule has 0 aromatic rings. The fourth-order valence-corrected chi connectivity index (χ4v) is 0.813. The smallest absolute Gasteiger partial charge is 0.306 e. The van der Waals surface area contributed by atoms with Gasteiger partial charge in [-0.2, -0.15) is 0 Å². The average Bonchev–Trinajstić information content (AvgIpc) is 2.15. The molecule has 1 heterocycles. The van der Waals surface area contributed by atoms with E-state index in [4.69, 9.17) is 4.74 Å². The van der Waals surface area contributed by atoms with Crippen LogP contribution in [-0.2, 0) is 9.53 Å². The summed E-state index contributed by atoms with van der Waals surface area (Å²) in [6.07, 6.45) is 1.46. The van der Waals surface area contributed by atoms with Gasteiger partial charge < -0.3 is 4.74 Å². The number of hydrogen-bond donors (Lipinski definition) is 0. The van der Waals surface area contributed by atoms with E-state index in [2.05, 4.69) is 0 Å². The standard InChI is InChI=1S/C6H10O2.C2H6/c1-6(2)4-3-5(7)8-6;1-2/h3-4H2,1-2H3;1-2H3. The largest absolute Gasteiger partial charge is 0.460 e. The minimum Gasteiger partial charge on any atom is -0.460 e. The molecule has 0 radical (unpaired) electrons. The van der Waals surface area contributed by atoms with E-state index in [1.165, 1.54) is 0 Å². The lowest BCUT2D eigenvalue weighted by molar-refractivity contribution is -0.145. The van der Waals surface area contributed by atoms with Crippen molar-refractivity contribution in [3.05, 3.63) is 0 Å². The first kappa shape index (κ1) is 9.47. The Balaban J connectivity index is 0.000000371. The highest BCUT2D eigenvalue weighted by atomic mass is 16.6. The van der Waals surface area contributed by atoms with Gasteiger partial charge in [-0.3, -0.25) is 4.79 Å². The molecule has 1 saturated heterocycles. The lowest BCUT2D eigenvalue weighted by Gasteiger charge is -2.14. The van der Waals surface area contributed by atoms with Crippen LogP contribution >= 0.6 is 0 Å². The molecule has 0 aliphatic carbocycles. The molecule has 1 aliphatic rings. The normalized spacial score (nSPS) is 21.0. The summed E-state index contributed by atoms with van der Waals surface area (Å²) in [7, 11) is 0. The highest BCUT2D eigenvalue weighted by Crippen LogP contribution is 2.24. The van der Waals surface area contributed by atoms with Crippen molar-refractivity contribution in [2.75, 3.05) is 0 Å². The molecule has 1 aliphatic heterocycles. The van der Waals surface area contributed by atoms with Crippen molar-refractivity contribution in [1.82, 2.24) is 0 Å². The van der Waals surface area contributed by atoms with Crippen LogP contribution in [0.1, 0.15) is 40.5 Å². The third-order valence-corrected chi connectivity index (χ3v) is 1.32. The number of rotatable bonds is 0. The Bertz CT molecular complexity index is 116. The first-order valence-electron chi connectivity index (χ1n) is 3.82. The second-order valence-electron chi connectivity index (χ2n) is 2.73. The van der Waals surface area contributed by atoms with E-state index < -0.39 is 0 Å². The predicted molar refractivity (Wildman–Crippen MR) is 40.8 cm³/mol. The van der Waals surface area contributed by atoms with Gasteiger partial charge in [0.1, 0.15) is 5.60 Å². The lowest BCUT2D eigenvalue weighted by Crippen LogP contribution is -2.17. The third kappa shape index (κ3) is 2.85. The van der Waals surface area contributed by atoms with Crippen LogP contribution in [0.15, 0.2) is 0 Å². The molecule has 0 aromatic carbocycles. The molecular formula is C8H16O2. The van der Waals surface area contributed by atoms with E-state index in [1.54, 1.807) is 0 Å². The Morgan fingerprint density at radius 1 is 1.40 bits per heavy atom. The minimum absolute atomic E-state index is 0.0602. The van der Waals surface area contributed by atoms with Crippen LogP contribution in [0.5, 0.6) is 0 Å². The lowest BCUT2D eigenvalue weighted by atomic mass is 10.1. The van der Waals surface area contributed by atoms with Gasteiger partial charge in [0, 0.05) is 6.42 Å². The summed E-state index contributed by atoms with van der Waals surface area (Å²) in [6.45, 7) is 7.86. The zero-order chi connectivity index (χ0) is 8.20. The number of ether oxygens (including phenoxy) is 1. The number of hydrogen-bond acceptors (Lipinski definition) is 2. The molecule has 0 amide bonds. The summed E-state index contributed by atoms with van der Waals surface area (Å²) in [6, 6.07) is 0. The van der Waals surface area contributed by atoms with E-state index in [-0.39, 0.29) is 11.6 Å². The van der Waals surface area contributed by atoms with Crippen molar-refractivity contribution >= 4 is 5.97 Å². The monoisotopic (exact) mass is 144 g/mol. The Morgan fingerprint density at radius 2 is 1.90 bits per heavy atom. The number of esters is 1. The first-order valence-corrected chi connectivity index (χ1v) is 3.82. The zero-order valence-electron chi connectivity index (χ0n) is 7.23. The Labute approximate surface area is 62.6 Å². The van der Waals surface area contributed by atoms with Crippen molar-refractivity contribution in [2.45, 2.75) is 46.1 Å². The second-order valence-corrected chi connectivity index (χ2v) is 2.73. The van der Waals surface area contributed by atoms with Crippen LogP contribution in [0.25, 0.3) is 0 Å². The van der Waals surface area contributed by atoms with Crippen LogP contribution in [-0.4, -0.2) is 11.6 Å². The Morgan fingerprint density at radius 3 is 2.00 bits per heavy atom. The molecule has 10 heavy (non-hydrogen) atoms. The Kier molecular flexibility index (Phi) is 3.40. The van der Waals surface area contributed by atoms with Crippen molar-refractivity contribution in [1.29, 1.82) is 0 Å². The van der Waals surface area contributed by atoms with Crippen LogP contribution < -0.4 is 0 Å². The summed E-state index contributed by atoms with van der Waals surface area (Å²) in [4.78, 5) is 10.4. The third-order valence-electron chi connectivity index (χ3n) is 1.32. The molecule has 2 heteroatoms. The van der Waals surface area contributed by atoms with Crippen molar-refractivity contribution in [3.8, 4) is 0 Å². The maximum atomic E-state index is 10.4. The highest BCUT2D eigenvalue weighted by Gasteiger charge is 2.30. The molecule has 0 unspecified atom stereocenters. The minimum atomic E-state index is -0.183. The van der Waals surface area contributed by atoms with E-state index in [9.17, 15) is 4.79 Å². The molecule has 1 fully saturated rings. The second kappa shape index (κ2) is 3.59. The molecule has 0 bridgehead atoms. The zero-order valence-corrected chi connectivity index (χ0v) is 7.23. The van der Waals surface area contributed by atoms with Gasteiger partial charge in [0.05, 0.1) is 0 Å². The molecule has 0 atom stereocenters. The SMILES string of the molecule is CC.CC1(C)CCC(=O)O1. The van der Waals surface area contributed by atoms with Crippen LogP contribution in [0.4, 0.5) is 0 Å². The summed E-state index contributed by atoms with van der Waals surface area (Å²) in [5.41, 5.74) is -0.183. The van der Waals surface area contributed by atoms with Gasteiger partial charge in [-0.05, 0) is 20.3 Å². The number of cyclic esters (lactones) is 1. The van der Waals surface area contributed by atoms with Gasteiger partial charge in [-0.1, -0.05) is 13.8 Å². The van der Waals surface area contributed by atoms with Crippen molar-refractivity contribution in [2.24, 2.45) is 0 Å². The quantitative estimate of drug-likeness (QED) is 0.487. The fourth-order valence-electron chi connectivity index (χ4n) is 0.813. The topological polar surface area (TPSA) is 26.3 Å². The van der Waals surface area contributed by atoms with Gasteiger partial charge in [0.25, 0.3) is 0 Å². The van der Waals surface area contributed by atoms with E-state index in [1.807, 2.05) is 27.7 Å². The summed E-state index contributed by atoms with van der Waals surface area (Å²) in [5, 5.41) is 0. The maximum absolute atomic E-state index is 10.4. The van der Waals surface area contributed by atoms with Gasteiger partial charge >= 0.3 is 5.97 Å². The van der Waals surface area contributed by atoms with E-state index in [0.29, 0.717) is 6.42 Å². The van der Waals surface area contributed by atoms with Crippen LogP contribution in [0.2, 0.25) is 0 Å². The first-order chi connectivity index (χ1) is 4.60. The van der Waals surface area contributed by atoms with Gasteiger partial charge in [-0.25, -0.2) is 0 Å². The van der Waals surface area contributed by atoms with Crippen molar-refractivity contribution < 1.29 is 9.53 Å². The molecular weight excluding hydrogens is 128 g/mol. The average molecular weight is 144 g/mol. The van der Waals surface area contributed by atoms with Crippen LogP contribution in [0.3, 0.4) is 0 Å². The summed E-state index contributed by atoms with van der Waals surface area (Å²) in [5.74, 6) is -0.0602. The Hall–Kier alpha value is -0.530. The summed E-state index contributed by atoms with van der Waals surface area (Å²) >= 11 is 0. The van der Waals surface area contributed by atoms with Gasteiger partial charge in [-0.15, -0.1) is 0 Å². The van der Waals surface area contributed by atoms with Crippen LogP contribution in [0, 0.1) is 0 Å². The molecule has 1 rings (SSSR count). The number of carbonyl (C=O) groups is 1. The molecule has 2 nitrogen and oxygen atoms in total. The summed E-state index contributed by atoms with van der Waals surface area (Å²) < 4.78 is 4.91. The molecule has 0 aromatic heterocycles. The van der Waals surface area contributed by atoms with Gasteiger partial charge in [0.2, 0.25) is 0 Å². The molecule has 0 saturated carbocycles. The van der Waals surface area contributed by atoms with Crippen molar-refractivity contribution in [3.63, 3.8) is 0 Å². The van der Waals surface area contributed by atoms with E-state index in [0.717, 1.165) is 6.42 Å². The molecule has 0 N–H and O–H groups in total. The molecule has 60 valence electrons. The predicted octanol–water partition coefficient (Wildman–Crippen LogP) is 2.13. The fraction of sp³-hybridized carbons (Fsp3) is 0.875. The maximum Gasteiger partial charge on any atom is 0.306 e. The molecule has 0 spiro atoms. The highest BCUT2D eigenvalue weighted by molar-refractivity contribution is 5.72. The number of carbonyl (C=O) groups excluding carboxylic acids is 1. The van der Waals surface area contributed by atoms with E-state index >= 15 is 0 Å².